The summed E-state index contributed by atoms with van der Waals surface area (Å²) in [4.78, 5) is 27.5. The second-order valence-electron chi connectivity index (χ2n) is 7.53. The number of carbonyl (C=O) groups is 2. The van der Waals surface area contributed by atoms with Crippen LogP contribution in [0.1, 0.15) is 42.5 Å². The Bertz CT molecular complexity index is 1080. The fourth-order valence-corrected chi connectivity index (χ4v) is 6.11. The van der Waals surface area contributed by atoms with Gasteiger partial charge in [-0.2, -0.15) is 0 Å². The number of nitrogens with one attached hydrogen (secondary N) is 2. The van der Waals surface area contributed by atoms with Crippen molar-refractivity contribution >= 4 is 40.5 Å². The van der Waals surface area contributed by atoms with Crippen LogP contribution in [0.4, 0.5) is 10.1 Å². The lowest BCUT2D eigenvalue weighted by atomic mass is 9.75. The van der Waals surface area contributed by atoms with Gasteiger partial charge in [0.05, 0.1) is 4.21 Å². The third-order valence-electron chi connectivity index (χ3n) is 5.47. The van der Waals surface area contributed by atoms with Crippen LogP contribution in [0, 0.1) is 12.7 Å². The van der Waals surface area contributed by atoms with E-state index in [1.165, 1.54) is 24.3 Å². The lowest BCUT2D eigenvalue weighted by Crippen LogP contribution is -2.35. The number of anilines is 1. The van der Waals surface area contributed by atoms with E-state index in [1.807, 2.05) is 20.1 Å². The van der Waals surface area contributed by atoms with Crippen molar-refractivity contribution in [3.05, 3.63) is 69.1 Å². The summed E-state index contributed by atoms with van der Waals surface area (Å²) in [6.45, 7) is 3.93. The van der Waals surface area contributed by atoms with E-state index in [1.54, 1.807) is 23.1 Å². The molecule has 1 amide bonds. The van der Waals surface area contributed by atoms with Crippen LogP contribution in [-0.4, -0.2) is 17.9 Å². The largest absolute Gasteiger partial charge is 0.362 e. The van der Waals surface area contributed by atoms with Gasteiger partial charge in [0, 0.05) is 45.4 Å². The summed E-state index contributed by atoms with van der Waals surface area (Å²) in [5.41, 5.74) is 4.47. The highest BCUT2D eigenvalue weighted by Gasteiger charge is 2.39. The Morgan fingerprint density at radius 1 is 1.23 bits per heavy atom. The van der Waals surface area contributed by atoms with Gasteiger partial charge in [0.25, 0.3) is 5.91 Å². The minimum atomic E-state index is -0.401. The highest BCUT2D eigenvalue weighted by atomic mass is 32.2. The Kier molecular flexibility index (Phi) is 5.84. The van der Waals surface area contributed by atoms with Crippen LogP contribution >= 0.6 is 23.1 Å². The van der Waals surface area contributed by atoms with Gasteiger partial charge in [-0.3, -0.25) is 9.59 Å². The Morgan fingerprint density at radius 2 is 1.97 bits per heavy atom. The Morgan fingerprint density at radius 3 is 2.67 bits per heavy atom. The first-order valence-electron chi connectivity index (χ1n) is 9.84. The number of hydrogen-bond acceptors (Lipinski definition) is 5. The van der Waals surface area contributed by atoms with E-state index >= 15 is 0 Å². The number of halogens is 1. The molecule has 0 saturated heterocycles. The predicted molar refractivity (Wildman–Crippen MR) is 120 cm³/mol. The van der Waals surface area contributed by atoms with Crippen LogP contribution in [0.3, 0.4) is 0 Å². The summed E-state index contributed by atoms with van der Waals surface area (Å²) in [7, 11) is 0. The Labute approximate surface area is 183 Å². The van der Waals surface area contributed by atoms with E-state index in [4.69, 9.17) is 0 Å². The fourth-order valence-electron chi connectivity index (χ4n) is 4.20. The molecule has 1 aliphatic heterocycles. The molecule has 0 saturated carbocycles. The van der Waals surface area contributed by atoms with Gasteiger partial charge in [-0.05, 0) is 68.8 Å². The molecule has 0 fully saturated rings. The molecule has 1 unspecified atom stereocenters. The molecule has 2 aromatic rings. The zero-order chi connectivity index (χ0) is 21.4. The van der Waals surface area contributed by atoms with Crippen LogP contribution < -0.4 is 10.6 Å². The van der Waals surface area contributed by atoms with Crippen molar-refractivity contribution in [1.29, 1.82) is 0 Å². The van der Waals surface area contributed by atoms with Crippen LogP contribution in [0.25, 0.3) is 0 Å². The van der Waals surface area contributed by atoms with Crippen LogP contribution in [0.2, 0.25) is 0 Å². The summed E-state index contributed by atoms with van der Waals surface area (Å²) in [6.07, 6.45) is 4.14. The first kappa shape index (κ1) is 20.9. The number of Topliss-reactive ketones (excluding diaryl/α,β-unsaturated/α-hetero) is 1. The molecule has 1 aromatic heterocycles. The van der Waals surface area contributed by atoms with Crippen LogP contribution in [0.5, 0.6) is 0 Å². The number of carbonyl (C=O) groups excluding carboxylic acids is 2. The smallest absolute Gasteiger partial charge is 0.254 e. The predicted octanol–water partition coefficient (Wildman–Crippen LogP) is 5.52. The molecule has 0 bridgehead atoms. The maximum absolute atomic E-state index is 13.4. The van der Waals surface area contributed by atoms with Crippen molar-refractivity contribution in [3.8, 4) is 0 Å². The van der Waals surface area contributed by atoms with Gasteiger partial charge >= 0.3 is 0 Å². The van der Waals surface area contributed by atoms with Crippen molar-refractivity contribution in [2.45, 2.75) is 43.2 Å². The van der Waals surface area contributed by atoms with Crippen molar-refractivity contribution in [2.24, 2.45) is 0 Å². The SMILES string of the molecule is CSc1sc(C)cc1C1C(C(=O)Nc2ccc(F)cc2)=C(C)NC2=C1C(=O)CCC2. The zero-order valence-corrected chi connectivity index (χ0v) is 18.7. The first-order chi connectivity index (χ1) is 14.4. The average molecular weight is 443 g/mol. The standard InChI is InChI=1S/C23H23FN2O2S2/c1-12-11-16(23(29-3)30-12)20-19(22(28)26-15-9-7-14(24)8-10-15)13(2)25-17-5-4-6-18(27)21(17)20/h7-11,20,25H,4-6H2,1-3H3,(H,26,28). The number of hydrogen-bond donors (Lipinski definition) is 2. The van der Waals surface area contributed by atoms with Gasteiger partial charge in [0.1, 0.15) is 5.82 Å². The molecule has 2 N–H and O–H groups in total. The van der Waals surface area contributed by atoms with Gasteiger partial charge in [-0.25, -0.2) is 4.39 Å². The van der Waals surface area contributed by atoms with E-state index in [0.29, 0.717) is 23.3 Å². The van der Waals surface area contributed by atoms with Crippen molar-refractivity contribution in [3.63, 3.8) is 0 Å². The number of allylic oxidation sites excluding steroid dienone is 3. The number of amides is 1. The number of dihydropyridines is 1. The number of ketones is 1. The molecule has 0 spiro atoms. The molecule has 1 atom stereocenters. The van der Waals surface area contributed by atoms with Crippen molar-refractivity contribution in [2.75, 3.05) is 11.6 Å². The van der Waals surface area contributed by atoms with Crippen molar-refractivity contribution in [1.82, 2.24) is 5.32 Å². The van der Waals surface area contributed by atoms with E-state index in [0.717, 1.165) is 38.9 Å². The fraction of sp³-hybridized carbons (Fsp3) is 0.304. The normalized spacial score (nSPS) is 18.9. The lowest BCUT2D eigenvalue weighted by Gasteiger charge is -2.34. The molecule has 4 rings (SSSR count). The number of thiophene rings is 1. The minimum Gasteiger partial charge on any atom is -0.362 e. The highest BCUT2D eigenvalue weighted by molar-refractivity contribution is 8.00. The number of rotatable bonds is 4. The lowest BCUT2D eigenvalue weighted by molar-refractivity contribution is -0.116. The monoisotopic (exact) mass is 442 g/mol. The molecule has 1 aromatic carbocycles. The highest BCUT2D eigenvalue weighted by Crippen LogP contribution is 2.47. The molecule has 2 heterocycles. The van der Waals surface area contributed by atoms with Gasteiger partial charge in [-0.1, -0.05) is 0 Å². The molecular weight excluding hydrogens is 419 g/mol. The van der Waals surface area contributed by atoms with Gasteiger partial charge < -0.3 is 10.6 Å². The molecule has 7 heteroatoms. The molecular formula is C23H23FN2O2S2. The third kappa shape index (κ3) is 3.84. The van der Waals surface area contributed by atoms with Crippen LogP contribution in [-0.2, 0) is 9.59 Å². The summed E-state index contributed by atoms with van der Waals surface area (Å²) in [6, 6.07) is 7.79. The van der Waals surface area contributed by atoms with E-state index in [9.17, 15) is 14.0 Å². The second-order valence-corrected chi connectivity index (χ2v) is 9.86. The van der Waals surface area contributed by atoms with Gasteiger partial charge in [-0.15, -0.1) is 23.1 Å². The van der Waals surface area contributed by atoms with E-state index < -0.39 is 5.92 Å². The Hall–Kier alpha value is -2.38. The number of thioether (sulfide) groups is 1. The topological polar surface area (TPSA) is 58.2 Å². The zero-order valence-electron chi connectivity index (χ0n) is 17.1. The molecule has 1 aliphatic carbocycles. The van der Waals surface area contributed by atoms with Crippen LogP contribution in [0.15, 0.2) is 57.1 Å². The molecule has 30 heavy (non-hydrogen) atoms. The third-order valence-corrected chi connectivity index (χ3v) is 7.68. The molecule has 2 aliphatic rings. The summed E-state index contributed by atoms with van der Waals surface area (Å²) < 4.78 is 14.4. The summed E-state index contributed by atoms with van der Waals surface area (Å²) in [5.74, 6) is -0.940. The maximum atomic E-state index is 13.4. The van der Waals surface area contributed by atoms with E-state index in [2.05, 4.69) is 16.7 Å². The first-order valence-corrected chi connectivity index (χ1v) is 11.9. The average Bonchev–Trinajstić information content (AvgIpc) is 3.09. The Balaban J connectivity index is 1.81. The maximum Gasteiger partial charge on any atom is 0.254 e. The molecule has 4 nitrogen and oxygen atoms in total. The van der Waals surface area contributed by atoms with Gasteiger partial charge in [0.2, 0.25) is 0 Å². The number of aryl methyl sites for hydroxylation is 1. The van der Waals surface area contributed by atoms with Gasteiger partial charge in [0.15, 0.2) is 5.78 Å². The number of benzene rings is 1. The quantitative estimate of drug-likeness (QED) is 0.612. The summed E-state index contributed by atoms with van der Waals surface area (Å²) >= 11 is 3.32. The minimum absolute atomic E-state index is 0.101. The molecule has 0 radical (unpaired) electrons. The van der Waals surface area contributed by atoms with Crippen molar-refractivity contribution < 1.29 is 14.0 Å². The van der Waals surface area contributed by atoms with E-state index in [-0.39, 0.29) is 17.5 Å². The molecule has 156 valence electrons. The second kappa shape index (κ2) is 8.40. The summed E-state index contributed by atoms with van der Waals surface area (Å²) in [5, 5.41) is 6.22.